The van der Waals surface area contributed by atoms with Gasteiger partial charge in [-0.25, -0.2) is 0 Å². The Labute approximate surface area is 187 Å². The van der Waals surface area contributed by atoms with Gasteiger partial charge in [0.2, 0.25) is 0 Å². The largest absolute Gasteiger partial charge is 0.387 e. The van der Waals surface area contributed by atoms with Crippen molar-refractivity contribution in [2.24, 2.45) is 16.3 Å². The fourth-order valence-corrected chi connectivity index (χ4v) is 5.42. The molecule has 1 saturated heterocycles. The van der Waals surface area contributed by atoms with E-state index in [4.69, 9.17) is 27.9 Å². The lowest BCUT2D eigenvalue weighted by Crippen LogP contribution is -2.72. The monoisotopic (exact) mass is 525 g/mol. The molecule has 150 valence electrons. The molecule has 27 heavy (non-hydrogen) atoms. The zero-order valence-electron chi connectivity index (χ0n) is 15.3. The van der Waals surface area contributed by atoms with Crippen LogP contribution in [-0.4, -0.2) is 43.4 Å². The average Bonchev–Trinajstić information content (AvgIpc) is 2.97. The molecule has 1 aromatic carbocycles. The number of nitrogens with zero attached hydrogens (tertiary/aromatic N) is 1. The molecule has 4 unspecified atom stereocenters. The summed E-state index contributed by atoms with van der Waals surface area (Å²) < 4.78 is 5.97. The number of rotatable bonds is 4. The second-order valence-corrected chi connectivity index (χ2v) is 8.50. The van der Waals surface area contributed by atoms with Crippen LogP contribution >= 0.6 is 47.2 Å². The van der Waals surface area contributed by atoms with E-state index < -0.39 is 6.10 Å². The molecule has 8 heteroatoms. The predicted molar refractivity (Wildman–Crippen MR) is 119 cm³/mol. The van der Waals surface area contributed by atoms with Crippen LogP contribution in [0.25, 0.3) is 0 Å². The number of ether oxygens (including phenoxy) is 1. The SMILES string of the molecule is CN=C(NCC(O)c1cc(Cl)cc(Cl)c1)NC1C2CCOC2C12CCC2.I. The molecule has 1 aliphatic heterocycles. The molecule has 0 amide bonds. The van der Waals surface area contributed by atoms with Crippen LogP contribution in [0.4, 0.5) is 0 Å². The Morgan fingerprint density at radius 3 is 2.63 bits per heavy atom. The van der Waals surface area contributed by atoms with Gasteiger partial charge in [-0.05, 0) is 43.0 Å². The van der Waals surface area contributed by atoms with Gasteiger partial charge in [0.15, 0.2) is 5.96 Å². The third-order valence-electron chi connectivity index (χ3n) is 6.28. The van der Waals surface area contributed by atoms with Crippen LogP contribution in [0.2, 0.25) is 10.0 Å². The molecular weight excluding hydrogens is 500 g/mol. The molecule has 3 N–H and O–H groups in total. The number of guanidine groups is 1. The summed E-state index contributed by atoms with van der Waals surface area (Å²) in [5.74, 6) is 1.30. The maximum Gasteiger partial charge on any atom is 0.191 e. The number of nitrogens with one attached hydrogen (secondary N) is 2. The highest BCUT2D eigenvalue weighted by atomic mass is 127. The normalized spacial score (nSPS) is 29.2. The van der Waals surface area contributed by atoms with Gasteiger partial charge in [0, 0.05) is 47.6 Å². The van der Waals surface area contributed by atoms with E-state index in [0.717, 1.165) is 19.0 Å². The van der Waals surface area contributed by atoms with Gasteiger partial charge in [-0.1, -0.05) is 29.6 Å². The van der Waals surface area contributed by atoms with E-state index >= 15 is 0 Å². The summed E-state index contributed by atoms with van der Waals surface area (Å²) in [6.45, 7) is 1.20. The van der Waals surface area contributed by atoms with Crippen LogP contribution in [0.1, 0.15) is 37.4 Å². The summed E-state index contributed by atoms with van der Waals surface area (Å²) in [6, 6.07) is 5.52. The third-order valence-corrected chi connectivity index (χ3v) is 6.72. The number of aliphatic hydroxyl groups is 1. The first-order valence-electron chi connectivity index (χ1n) is 9.26. The molecule has 2 aliphatic carbocycles. The Hall–Kier alpha value is -0.280. The third kappa shape index (κ3) is 3.92. The van der Waals surface area contributed by atoms with Crippen molar-refractivity contribution in [1.82, 2.24) is 10.6 Å². The van der Waals surface area contributed by atoms with E-state index in [-0.39, 0.29) is 29.4 Å². The number of hydrogen-bond acceptors (Lipinski definition) is 3. The van der Waals surface area contributed by atoms with Gasteiger partial charge in [-0.2, -0.15) is 0 Å². The van der Waals surface area contributed by atoms with Crippen LogP contribution in [0.3, 0.4) is 0 Å². The van der Waals surface area contributed by atoms with Crippen LogP contribution in [-0.2, 0) is 4.74 Å². The standard InChI is InChI=1S/C19H25Cl2N3O2.HI/c1-22-18(23-10-15(25)11-7-12(20)9-13(21)8-11)24-16-14-3-6-26-17(14)19(16)4-2-5-19;/h7-9,14-17,25H,2-6,10H2,1H3,(H2,22,23,24);1H. The van der Waals surface area contributed by atoms with Crippen molar-refractivity contribution in [3.05, 3.63) is 33.8 Å². The van der Waals surface area contributed by atoms with Crippen LogP contribution in [0.15, 0.2) is 23.2 Å². The lowest BCUT2D eigenvalue weighted by molar-refractivity contribution is -0.171. The minimum absolute atomic E-state index is 0. The molecule has 4 atom stereocenters. The molecule has 0 bridgehead atoms. The molecule has 2 saturated carbocycles. The molecule has 1 spiro atoms. The quantitative estimate of drug-likeness (QED) is 0.318. The smallest absolute Gasteiger partial charge is 0.191 e. The van der Waals surface area contributed by atoms with Crippen molar-refractivity contribution >= 4 is 53.1 Å². The van der Waals surface area contributed by atoms with Crippen LogP contribution in [0, 0.1) is 11.3 Å². The van der Waals surface area contributed by atoms with E-state index in [1.54, 1.807) is 25.2 Å². The highest BCUT2D eigenvalue weighted by Crippen LogP contribution is 2.62. The number of fused-ring (bicyclic) bond motifs is 2. The first kappa shape index (κ1) is 21.4. The van der Waals surface area contributed by atoms with E-state index in [2.05, 4.69) is 15.6 Å². The summed E-state index contributed by atoms with van der Waals surface area (Å²) in [5.41, 5.74) is 0.978. The van der Waals surface area contributed by atoms with Crippen LogP contribution in [0.5, 0.6) is 0 Å². The van der Waals surface area contributed by atoms with E-state index in [1.165, 1.54) is 19.3 Å². The summed E-state index contributed by atoms with van der Waals surface area (Å²) in [6.07, 6.45) is 4.56. The van der Waals surface area contributed by atoms with Crippen molar-refractivity contribution in [3.63, 3.8) is 0 Å². The van der Waals surface area contributed by atoms with Crippen molar-refractivity contribution < 1.29 is 9.84 Å². The zero-order valence-corrected chi connectivity index (χ0v) is 19.1. The van der Waals surface area contributed by atoms with Crippen molar-refractivity contribution in [3.8, 4) is 0 Å². The molecule has 0 radical (unpaired) electrons. The number of aliphatic imine (C=N–C) groups is 1. The number of benzene rings is 1. The molecule has 3 fully saturated rings. The Bertz CT molecular complexity index is 694. The topological polar surface area (TPSA) is 65.9 Å². The van der Waals surface area contributed by atoms with Gasteiger partial charge in [0.1, 0.15) is 0 Å². The molecule has 3 aliphatic rings. The first-order valence-corrected chi connectivity index (χ1v) is 10.0. The van der Waals surface area contributed by atoms with Crippen molar-refractivity contribution in [2.75, 3.05) is 20.2 Å². The zero-order chi connectivity index (χ0) is 18.3. The second kappa shape index (κ2) is 8.61. The summed E-state index contributed by atoms with van der Waals surface area (Å²) in [4.78, 5) is 4.34. The minimum Gasteiger partial charge on any atom is -0.387 e. The maximum absolute atomic E-state index is 10.4. The Kier molecular flexibility index (Phi) is 6.84. The van der Waals surface area contributed by atoms with Gasteiger partial charge >= 0.3 is 0 Å². The van der Waals surface area contributed by atoms with E-state index in [9.17, 15) is 5.11 Å². The average molecular weight is 526 g/mol. The van der Waals surface area contributed by atoms with Gasteiger partial charge in [-0.15, -0.1) is 24.0 Å². The number of aliphatic hydroxyl groups excluding tert-OH is 1. The molecule has 0 aromatic heterocycles. The highest BCUT2D eigenvalue weighted by Gasteiger charge is 2.66. The summed E-state index contributed by atoms with van der Waals surface area (Å²) in [7, 11) is 1.76. The molecule has 5 nitrogen and oxygen atoms in total. The lowest BCUT2D eigenvalue weighted by Gasteiger charge is -2.63. The second-order valence-electron chi connectivity index (χ2n) is 7.62. The minimum atomic E-state index is -0.716. The van der Waals surface area contributed by atoms with Gasteiger partial charge in [0.25, 0.3) is 0 Å². The van der Waals surface area contributed by atoms with E-state index in [0.29, 0.717) is 40.2 Å². The first-order chi connectivity index (χ1) is 12.5. The maximum atomic E-state index is 10.4. The highest BCUT2D eigenvalue weighted by molar-refractivity contribution is 14.0. The number of halogens is 3. The van der Waals surface area contributed by atoms with Gasteiger partial charge in [-0.3, -0.25) is 4.99 Å². The molecular formula is C19H26Cl2IN3O2. The van der Waals surface area contributed by atoms with Gasteiger partial charge < -0.3 is 20.5 Å². The van der Waals surface area contributed by atoms with Crippen molar-refractivity contribution in [2.45, 2.75) is 43.9 Å². The fourth-order valence-electron chi connectivity index (χ4n) is 4.88. The number of hydrogen-bond donors (Lipinski definition) is 3. The summed E-state index contributed by atoms with van der Waals surface area (Å²) >= 11 is 12.0. The Balaban J connectivity index is 0.00000210. The van der Waals surface area contributed by atoms with E-state index in [1.807, 2.05) is 0 Å². The van der Waals surface area contributed by atoms with Crippen LogP contribution < -0.4 is 10.6 Å². The Morgan fingerprint density at radius 1 is 1.33 bits per heavy atom. The fraction of sp³-hybridized carbons (Fsp3) is 0.632. The predicted octanol–water partition coefficient (Wildman–Crippen LogP) is 3.77. The lowest BCUT2D eigenvalue weighted by atomic mass is 9.46. The van der Waals surface area contributed by atoms with Crippen molar-refractivity contribution in [1.29, 1.82) is 0 Å². The van der Waals surface area contributed by atoms with Gasteiger partial charge in [0.05, 0.1) is 12.2 Å². The Morgan fingerprint density at radius 2 is 2.04 bits per heavy atom. The molecule has 4 rings (SSSR count). The summed E-state index contributed by atoms with van der Waals surface area (Å²) in [5, 5.41) is 18.3. The molecule has 1 heterocycles. The molecule has 1 aromatic rings.